The third-order valence-electron chi connectivity index (χ3n) is 2.68. The van der Waals surface area contributed by atoms with E-state index in [-0.39, 0.29) is 12.6 Å². The molecule has 2 atom stereocenters. The van der Waals surface area contributed by atoms with Gasteiger partial charge in [0, 0.05) is 6.04 Å². The second kappa shape index (κ2) is 5.63. The fraction of sp³-hybridized carbons (Fsp3) is 0.417. The number of likely N-dealkylation sites (N-methyl/N-ethyl adjacent to an activating group) is 1. The number of benzene rings is 1. The molecule has 1 aromatic rings. The Morgan fingerprint density at radius 1 is 1.38 bits per heavy atom. The van der Waals surface area contributed by atoms with E-state index >= 15 is 0 Å². The summed E-state index contributed by atoms with van der Waals surface area (Å²) in [5, 5.41) is 18.7. The van der Waals surface area contributed by atoms with Gasteiger partial charge in [-0.2, -0.15) is 0 Å². The van der Waals surface area contributed by atoms with Crippen molar-refractivity contribution in [1.29, 1.82) is 0 Å². The largest absolute Gasteiger partial charge is 0.480 e. The summed E-state index contributed by atoms with van der Waals surface area (Å²) in [6.07, 6.45) is -0.675. The van der Waals surface area contributed by atoms with E-state index in [1.54, 1.807) is 18.9 Å². The molecule has 0 heterocycles. The smallest absolute Gasteiger partial charge is 0.317 e. The standard InChI is InChI=1S/C12H17NO3/c1-9(13(2)8-11(14)15)12(16)10-6-4-3-5-7-10/h3-7,9,12,16H,8H2,1-2H3,(H,14,15)/t9-,12+/m0/s1. The summed E-state index contributed by atoms with van der Waals surface area (Å²) in [7, 11) is 1.69. The van der Waals surface area contributed by atoms with E-state index in [0.29, 0.717) is 0 Å². The highest BCUT2D eigenvalue weighted by atomic mass is 16.4. The van der Waals surface area contributed by atoms with Crippen molar-refractivity contribution in [3.8, 4) is 0 Å². The summed E-state index contributed by atoms with van der Waals surface area (Å²) in [5.41, 5.74) is 0.798. The molecule has 0 fully saturated rings. The number of carboxylic acids is 1. The maximum Gasteiger partial charge on any atom is 0.317 e. The highest BCUT2D eigenvalue weighted by Gasteiger charge is 2.21. The summed E-state index contributed by atoms with van der Waals surface area (Å²) < 4.78 is 0. The van der Waals surface area contributed by atoms with Crippen LogP contribution in [-0.2, 0) is 4.79 Å². The highest BCUT2D eigenvalue weighted by Crippen LogP contribution is 2.19. The Hall–Kier alpha value is -1.39. The summed E-state index contributed by atoms with van der Waals surface area (Å²) >= 11 is 0. The Labute approximate surface area is 95.1 Å². The third-order valence-corrected chi connectivity index (χ3v) is 2.68. The molecular weight excluding hydrogens is 206 g/mol. The van der Waals surface area contributed by atoms with Gasteiger partial charge >= 0.3 is 5.97 Å². The molecule has 0 aliphatic carbocycles. The van der Waals surface area contributed by atoms with E-state index in [9.17, 15) is 9.90 Å². The summed E-state index contributed by atoms with van der Waals surface area (Å²) in [5.74, 6) is -0.894. The molecule has 0 saturated carbocycles. The lowest BCUT2D eigenvalue weighted by molar-refractivity contribution is -0.138. The number of rotatable bonds is 5. The number of carboxylic acid groups (broad SMARTS) is 1. The minimum Gasteiger partial charge on any atom is -0.480 e. The summed E-state index contributed by atoms with van der Waals surface area (Å²) in [6, 6.07) is 9.00. The first kappa shape index (κ1) is 12.7. The van der Waals surface area contributed by atoms with Crippen LogP contribution < -0.4 is 0 Å². The number of aliphatic hydroxyl groups excluding tert-OH is 1. The van der Waals surface area contributed by atoms with Crippen LogP contribution in [0.15, 0.2) is 30.3 Å². The van der Waals surface area contributed by atoms with Gasteiger partial charge in [-0.15, -0.1) is 0 Å². The van der Waals surface area contributed by atoms with Gasteiger partial charge in [-0.25, -0.2) is 0 Å². The lowest BCUT2D eigenvalue weighted by Crippen LogP contribution is -2.37. The molecule has 0 aromatic heterocycles. The van der Waals surface area contributed by atoms with Crippen molar-refractivity contribution >= 4 is 5.97 Å². The van der Waals surface area contributed by atoms with Crippen molar-refractivity contribution < 1.29 is 15.0 Å². The quantitative estimate of drug-likeness (QED) is 0.785. The molecule has 4 nitrogen and oxygen atoms in total. The monoisotopic (exact) mass is 223 g/mol. The zero-order valence-corrected chi connectivity index (χ0v) is 9.50. The van der Waals surface area contributed by atoms with Crippen molar-refractivity contribution in [2.45, 2.75) is 19.1 Å². The average Bonchev–Trinajstić information content (AvgIpc) is 2.27. The highest BCUT2D eigenvalue weighted by molar-refractivity contribution is 5.69. The van der Waals surface area contributed by atoms with E-state index in [0.717, 1.165) is 5.56 Å². The Balaban J connectivity index is 2.67. The van der Waals surface area contributed by atoms with Gasteiger partial charge in [0.05, 0.1) is 12.6 Å². The Morgan fingerprint density at radius 3 is 2.44 bits per heavy atom. The van der Waals surface area contributed by atoms with Crippen molar-refractivity contribution in [3.05, 3.63) is 35.9 Å². The zero-order chi connectivity index (χ0) is 12.1. The van der Waals surface area contributed by atoms with Gasteiger partial charge in [-0.3, -0.25) is 9.69 Å². The zero-order valence-electron chi connectivity index (χ0n) is 9.50. The van der Waals surface area contributed by atoms with Crippen LogP contribution in [0.1, 0.15) is 18.6 Å². The number of aliphatic carboxylic acids is 1. The maximum atomic E-state index is 10.5. The van der Waals surface area contributed by atoms with Gasteiger partial charge in [0.1, 0.15) is 0 Å². The van der Waals surface area contributed by atoms with Crippen LogP contribution in [0.4, 0.5) is 0 Å². The number of carbonyl (C=O) groups is 1. The van der Waals surface area contributed by atoms with E-state index in [1.165, 1.54) is 0 Å². The molecule has 88 valence electrons. The molecule has 1 aromatic carbocycles. The van der Waals surface area contributed by atoms with Crippen LogP contribution in [0.5, 0.6) is 0 Å². The average molecular weight is 223 g/mol. The minimum atomic E-state index is -0.894. The van der Waals surface area contributed by atoms with Crippen molar-refractivity contribution in [2.75, 3.05) is 13.6 Å². The first-order chi connectivity index (χ1) is 7.52. The molecule has 0 radical (unpaired) electrons. The van der Waals surface area contributed by atoms with E-state index in [4.69, 9.17) is 5.11 Å². The molecule has 0 spiro atoms. The van der Waals surface area contributed by atoms with Crippen molar-refractivity contribution in [2.24, 2.45) is 0 Å². The topological polar surface area (TPSA) is 60.8 Å². The van der Waals surface area contributed by atoms with Crippen LogP contribution in [0.25, 0.3) is 0 Å². The van der Waals surface area contributed by atoms with Gasteiger partial charge in [0.2, 0.25) is 0 Å². The van der Waals surface area contributed by atoms with E-state index < -0.39 is 12.1 Å². The van der Waals surface area contributed by atoms with Crippen LogP contribution in [0.3, 0.4) is 0 Å². The Morgan fingerprint density at radius 2 is 1.94 bits per heavy atom. The maximum absolute atomic E-state index is 10.5. The molecular formula is C12H17NO3. The fourth-order valence-electron chi connectivity index (χ4n) is 1.53. The fourth-order valence-corrected chi connectivity index (χ4v) is 1.53. The summed E-state index contributed by atoms with van der Waals surface area (Å²) in [6.45, 7) is 1.73. The molecule has 1 rings (SSSR count). The second-order valence-corrected chi connectivity index (χ2v) is 3.90. The van der Waals surface area contributed by atoms with Crippen LogP contribution in [-0.4, -0.2) is 40.7 Å². The van der Waals surface area contributed by atoms with Crippen LogP contribution in [0, 0.1) is 0 Å². The summed E-state index contributed by atoms with van der Waals surface area (Å²) in [4.78, 5) is 12.2. The number of hydrogen-bond donors (Lipinski definition) is 2. The van der Waals surface area contributed by atoms with Gasteiger partial charge in [-0.05, 0) is 19.5 Å². The number of nitrogens with zero attached hydrogens (tertiary/aromatic N) is 1. The van der Waals surface area contributed by atoms with E-state index in [2.05, 4.69) is 0 Å². The molecule has 0 amide bonds. The molecule has 2 N–H and O–H groups in total. The Kier molecular flexibility index (Phi) is 4.46. The van der Waals surface area contributed by atoms with Gasteiger partial charge in [0.15, 0.2) is 0 Å². The van der Waals surface area contributed by atoms with Gasteiger partial charge in [-0.1, -0.05) is 30.3 Å². The first-order valence-electron chi connectivity index (χ1n) is 5.17. The SMILES string of the molecule is C[C@@H]([C@@H](O)c1ccccc1)N(C)CC(=O)O. The van der Waals surface area contributed by atoms with Gasteiger partial charge < -0.3 is 10.2 Å². The first-order valence-corrected chi connectivity index (χ1v) is 5.17. The number of aliphatic hydroxyl groups is 1. The minimum absolute atomic E-state index is 0.0783. The Bertz CT molecular complexity index is 339. The second-order valence-electron chi connectivity index (χ2n) is 3.90. The van der Waals surface area contributed by atoms with Crippen molar-refractivity contribution in [3.63, 3.8) is 0 Å². The normalized spacial score (nSPS) is 14.8. The molecule has 0 bridgehead atoms. The molecule has 4 heteroatoms. The predicted octanol–water partition coefficient (Wildman–Crippen LogP) is 1.12. The number of hydrogen-bond acceptors (Lipinski definition) is 3. The lowest BCUT2D eigenvalue weighted by atomic mass is 10.0. The molecule has 0 aliphatic rings. The van der Waals surface area contributed by atoms with E-state index in [1.807, 2.05) is 30.3 Å². The van der Waals surface area contributed by atoms with Crippen LogP contribution >= 0.6 is 0 Å². The van der Waals surface area contributed by atoms with Gasteiger partial charge in [0.25, 0.3) is 0 Å². The third kappa shape index (κ3) is 3.32. The molecule has 0 unspecified atom stereocenters. The predicted molar refractivity (Wildman–Crippen MR) is 61.1 cm³/mol. The lowest BCUT2D eigenvalue weighted by Gasteiger charge is -2.27. The van der Waals surface area contributed by atoms with Crippen LogP contribution in [0.2, 0.25) is 0 Å². The molecule has 0 saturated heterocycles. The molecule has 0 aliphatic heterocycles. The van der Waals surface area contributed by atoms with Crippen molar-refractivity contribution in [1.82, 2.24) is 4.90 Å². The molecule has 16 heavy (non-hydrogen) atoms.